The minimum absolute atomic E-state index is 0.614. The van der Waals surface area contributed by atoms with Gasteiger partial charge in [-0.1, -0.05) is 37.3 Å². The Morgan fingerprint density at radius 2 is 1.80 bits per heavy atom. The third-order valence-corrected chi connectivity index (χ3v) is 2.92. The van der Waals surface area contributed by atoms with Crippen LogP contribution in [0.25, 0.3) is 0 Å². The molecule has 0 aliphatic carbocycles. The number of carbonyl (C=O) groups is 1. The van der Waals surface area contributed by atoms with Crippen LogP contribution >= 0.6 is 0 Å². The molecule has 0 heterocycles. The normalized spacial score (nSPS) is 10.1. The molecule has 0 spiro atoms. The van der Waals surface area contributed by atoms with E-state index in [4.69, 9.17) is 4.74 Å². The predicted molar refractivity (Wildman–Crippen MR) is 79.7 cm³/mol. The summed E-state index contributed by atoms with van der Waals surface area (Å²) >= 11 is 0. The summed E-state index contributed by atoms with van der Waals surface area (Å²) in [5.74, 6) is 1.60. The van der Waals surface area contributed by atoms with Gasteiger partial charge in [0.05, 0.1) is 0 Å². The fourth-order valence-electron chi connectivity index (χ4n) is 2.02. The van der Waals surface area contributed by atoms with Gasteiger partial charge in [0, 0.05) is 13.1 Å². The summed E-state index contributed by atoms with van der Waals surface area (Å²) in [7, 11) is 0. The van der Waals surface area contributed by atoms with E-state index >= 15 is 0 Å². The van der Waals surface area contributed by atoms with Crippen LogP contribution in [0.1, 0.15) is 18.9 Å². The molecule has 0 bridgehead atoms. The molecule has 0 fully saturated rings. The average Bonchev–Trinajstić information content (AvgIpc) is 2.48. The van der Waals surface area contributed by atoms with Gasteiger partial charge in [-0.05, 0) is 36.2 Å². The van der Waals surface area contributed by atoms with Crippen molar-refractivity contribution in [3.05, 3.63) is 60.2 Å². The SMILES string of the molecule is CCCN(C=O)Cc1cccc(Oc2ccccc2)c1. The second-order valence-corrected chi connectivity index (χ2v) is 4.64. The molecule has 0 unspecified atom stereocenters. The van der Waals surface area contributed by atoms with Gasteiger partial charge in [0.15, 0.2) is 0 Å². The number of hydrogen-bond donors (Lipinski definition) is 0. The molecule has 2 aromatic rings. The molecule has 0 atom stereocenters. The molecule has 3 heteroatoms. The van der Waals surface area contributed by atoms with Gasteiger partial charge in [-0.15, -0.1) is 0 Å². The lowest BCUT2D eigenvalue weighted by atomic mass is 10.2. The Hall–Kier alpha value is -2.29. The van der Waals surface area contributed by atoms with Crippen molar-refractivity contribution >= 4 is 6.41 Å². The zero-order valence-electron chi connectivity index (χ0n) is 11.7. The molecule has 0 aliphatic rings. The van der Waals surface area contributed by atoms with Crippen molar-refractivity contribution < 1.29 is 9.53 Å². The molecule has 0 saturated carbocycles. The third kappa shape index (κ3) is 4.12. The van der Waals surface area contributed by atoms with Gasteiger partial charge in [0.2, 0.25) is 6.41 Å². The Kier molecular flexibility index (Phi) is 5.18. The van der Waals surface area contributed by atoms with Crippen LogP contribution in [-0.4, -0.2) is 17.9 Å². The summed E-state index contributed by atoms with van der Waals surface area (Å²) in [5.41, 5.74) is 1.07. The molecule has 2 rings (SSSR count). The number of rotatable bonds is 7. The summed E-state index contributed by atoms with van der Waals surface area (Å²) < 4.78 is 5.79. The van der Waals surface area contributed by atoms with Crippen LogP contribution in [0, 0.1) is 0 Å². The molecule has 104 valence electrons. The number of benzene rings is 2. The Morgan fingerprint density at radius 3 is 2.50 bits per heavy atom. The lowest BCUT2D eigenvalue weighted by Gasteiger charge is -2.16. The maximum atomic E-state index is 11.0. The largest absolute Gasteiger partial charge is 0.457 e. The third-order valence-electron chi connectivity index (χ3n) is 2.92. The standard InChI is InChI=1S/C17H19NO2/c1-2-11-18(14-19)13-15-7-6-10-17(12-15)20-16-8-4-3-5-9-16/h3-10,12,14H,2,11,13H2,1H3. The Bertz CT molecular complexity index is 540. The highest BCUT2D eigenvalue weighted by Gasteiger charge is 2.03. The van der Waals surface area contributed by atoms with E-state index in [0.29, 0.717) is 6.54 Å². The van der Waals surface area contributed by atoms with Crippen molar-refractivity contribution in [3.63, 3.8) is 0 Å². The molecule has 0 saturated heterocycles. The smallest absolute Gasteiger partial charge is 0.210 e. The molecule has 0 aromatic heterocycles. The molecular formula is C17H19NO2. The van der Waals surface area contributed by atoms with Gasteiger partial charge < -0.3 is 9.64 Å². The molecule has 20 heavy (non-hydrogen) atoms. The van der Waals surface area contributed by atoms with Gasteiger partial charge in [0.1, 0.15) is 11.5 Å². The first-order chi connectivity index (χ1) is 9.81. The molecule has 0 N–H and O–H groups in total. The number of para-hydroxylation sites is 1. The predicted octanol–water partition coefficient (Wildman–Crippen LogP) is 3.85. The van der Waals surface area contributed by atoms with Gasteiger partial charge in [-0.3, -0.25) is 4.79 Å². The van der Waals surface area contributed by atoms with Crippen molar-refractivity contribution in [2.24, 2.45) is 0 Å². The first kappa shape index (κ1) is 14.1. The summed E-state index contributed by atoms with van der Waals surface area (Å²) in [4.78, 5) is 12.7. The molecule has 0 aliphatic heterocycles. The summed E-state index contributed by atoms with van der Waals surface area (Å²) in [6, 6.07) is 17.5. The highest BCUT2D eigenvalue weighted by molar-refractivity contribution is 5.47. The maximum absolute atomic E-state index is 11.0. The minimum Gasteiger partial charge on any atom is -0.457 e. The molecule has 0 radical (unpaired) electrons. The van der Waals surface area contributed by atoms with E-state index in [-0.39, 0.29) is 0 Å². The van der Waals surface area contributed by atoms with Crippen LogP contribution in [0.5, 0.6) is 11.5 Å². The van der Waals surface area contributed by atoms with E-state index in [1.165, 1.54) is 0 Å². The zero-order valence-corrected chi connectivity index (χ0v) is 11.7. The van der Waals surface area contributed by atoms with Crippen LogP contribution in [0.3, 0.4) is 0 Å². The van der Waals surface area contributed by atoms with Gasteiger partial charge in [0.25, 0.3) is 0 Å². The number of amides is 1. The zero-order chi connectivity index (χ0) is 14.2. The fourth-order valence-corrected chi connectivity index (χ4v) is 2.02. The Labute approximate surface area is 119 Å². The van der Waals surface area contributed by atoms with Gasteiger partial charge in [-0.2, -0.15) is 0 Å². The monoisotopic (exact) mass is 269 g/mol. The van der Waals surface area contributed by atoms with E-state index in [9.17, 15) is 4.79 Å². The van der Waals surface area contributed by atoms with Crippen molar-refractivity contribution in [3.8, 4) is 11.5 Å². The van der Waals surface area contributed by atoms with Gasteiger partial charge in [-0.25, -0.2) is 0 Å². The van der Waals surface area contributed by atoms with Crippen molar-refractivity contribution in [2.45, 2.75) is 19.9 Å². The molecule has 3 nitrogen and oxygen atoms in total. The maximum Gasteiger partial charge on any atom is 0.210 e. The van der Waals surface area contributed by atoms with Gasteiger partial charge >= 0.3 is 0 Å². The van der Waals surface area contributed by atoms with Crippen LogP contribution in [-0.2, 0) is 11.3 Å². The van der Waals surface area contributed by atoms with E-state index in [2.05, 4.69) is 6.92 Å². The van der Waals surface area contributed by atoms with Crippen molar-refractivity contribution in [1.82, 2.24) is 4.90 Å². The summed E-state index contributed by atoms with van der Waals surface area (Å²) in [6.07, 6.45) is 1.85. The van der Waals surface area contributed by atoms with Crippen LogP contribution in [0.4, 0.5) is 0 Å². The molecular weight excluding hydrogens is 250 g/mol. The summed E-state index contributed by atoms with van der Waals surface area (Å²) in [5, 5.41) is 0. The Balaban J connectivity index is 2.06. The lowest BCUT2D eigenvalue weighted by molar-refractivity contribution is -0.118. The van der Waals surface area contributed by atoms with E-state index in [1.54, 1.807) is 4.90 Å². The highest BCUT2D eigenvalue weighted by Crippen LogP contribution is 2.22. The topological polar surface area (TPSA) is 29.5 Å². The van der Waals surface area contributed by atoms with E-state index in [0.717, 1.165) is 36.4 Å². The quantitative estimate of drug-likeness (QED) is 0.715. The Morgan fingerprint density at radius 1 is 1.05 bits per heavy atom. The second-order valence-electron chi connectivity index (χ2n) is 4.64. The lowest BCUT2D eigenvalue weighted by Crippen LogP contribution is -2.21. The average molecular weight is 269 g/mol. The van der Waals surface area contributed by atoms with Crippen molar-refractivity contribution in [2.75, 3.05) is 6.54 Å². The minimum atomic E-state index is 0.614. The first-order valence-corrected chi connectivity index (χ1v) is 6.83. The highest BCUT2D eigenvalue weighted by atomic mass is 16.5. The van der Waals surface area contributed by atoms with E-state index in [1.807, 2.05) is 54.6 Å². The second kappa shape index (κ2) is 7.34. The summed E-state index contributed by atoms with van der Waals surface area (Å²) in [6.45, 7) is 3.45. The molecule has 2 aromatic carbocycles. The molecule has 1 amide bonds. The van der Waals surface area contributed by atoms with Crippen LogP contribution in [0.2, 0.25) is 0 Å². The number of ether oxygens (including phenoxy) is 1. The van der Waals surface area contributed by atoms with Crippen molar-refractivity contribution in [1.29, 1.82) is 0 Å². The number of nitrogens with zero attached hydrogens (tertiary/aromatic N) is 1. The fraction of sp³-hybridized carbons (Fsp3) is 0.235. The van der Waals surface area contributed by atoms with Crippen LogP contribution < -0.4 is 4.74 Å². The first-order valence-electron chi connectivity index (χ1n) is 6.83. The van der Waals surface area contributed by atoms with Crippen LogP contribution in [0.15, 0.2) is 54.6 Å². The van der Waals surface area contributed by atoms with E-state index < -0.39 is 0 Å². The number of carbonyl (C=O) groups excluding carboxylic acids is 1. The number of hydrogen-bond acceptors (Lipinski definition) is 2.